The van der Waals surface area contributed by atoms with Crippen LogP contribution in [0.1, 0.15) is 98.6 Å². The summed E-state index contributed by atoms with van der Waals surface area (Å²) < 4.78 is 19.4. The van der Waals surface area contributed by atoms with E-state index in [0.29, 0.717) is 43.9 Å². The summed E-state index contributed by atoms with van der Waals surface area (Å²) in [7, 11) is 3.78. The zero-order valence-corrected chi connectivity index (χ0v) is 37.6. The lowest BCUT2D eigenvalue weighted by Gasteiger charge is -2.48. The number of piperazine rings is 1. The number of imide groups is 1. The molecule has 4 atom stereocenters. The minimum atomic E-state index is -0.376. The van der Waals surface area contributed by atoms with Gasteiger partial charge in [-0.15, -0.1) is 0 Å². The van der Waals surface area contributed by atoms with E-state index in [0.717, 1.165) is 111 Å². The van der Waals surface area contributed by atoms with Crippen molar-refractivity contribution >= 4 is 40.6 Å². The van der Waals surface area contributed by atoms with Gasteiger partial charge in [-0.2, -0.15) is 0 Å². The van der Waals surface area contributed by atoms with Crippen LogP contribution in [0.5, 0.6) is 11.5 Å². The van der Waals surface area contributed by atoms with Gasteiger partial charge in [-0.05, 0) is 91.3 Å². The maximum Gasteiger partial charge on any atom is 0.249 e. The number of piperidine rings is 2. The van der Waals surface area contributed by atoms with Gasteiger partial charge in [0, 0.05) is 105 Å². The number of carbonyl (C=O) groups excluding carboxylic acids is 2. The molecular weight excluding hydrogens is 777 g/mol. The van der Waals surface area contributed by atoms with E-state index >= 15 is 0 Å². The Morgan fingerprint density at radius 1 is 0.984 bits per heavy atom. The van der Waals surface area contributed by atoms with Crippen molar-refractivity contribution in [3.05, 3.63) is 89.0 Å². The number of ether oxygens (including phenoxy) is 3. The number of amides is 2. The lowest BCUT2D eigenvalue weighted by molar-refractivity contribution is -0.136. The highest BCUT2D eigenvalue weighted by Gasteiger charge is 2.42. The number of hydrogen-bond acceptors (Lipinski definition) is 10. The molecule has 62 heavy (non-hydrogen) atoms. The smallest absolute Gasteiger partial charge is 0.249 e. The van der Waals surface area contributed by atoms with E-state index in [-0.39, 0.29) is 29.4 Å². The number of rotatable bonds is 11. The highest BCUT2D eigenvalue weighted by Crippen LogP contribution is 2.45. The topological polar surface area (TPSA) is 98.9 Å². The third-order valence-corrected chi connectivity index (χ3v) is 14.9. The lowest BCUT2D eigenvalue weighted by Crippen LogP contribution is -2.58. The molecule has 6 heterocycles. The summed E-state index contributed by atoms with van der Waals surface area (Å²) in [5.41, 5.74) is 11.6. The fraction of sp³-hybridized carbons (Fsp3) is 0.529. The lowest BCUT2D eigenvalue weighted by atomic mass is 9.81. The Labute approximate surface area is 368 Å². The van der Waals surface area contributed by atoms with Crippen molar-refractivity contribution in [3.63, 3.8) is 0 Å². The molecule has 11 nitrogen and oxygen atoms in total. The highest BCUT2D eigenvalue weighted by molar-refractivity contribution is 6.01. The fourth-order valence-corrected chi connectivity index (χ4v) is 11.4. The molecule has 2 N–H and O–H groups in total. The maximum absolute atomic E-state index is 12.7. The summed E-state index contributed by atoms with van der Waals surface area (Å²) in [6, 6.07) is 15.6. The summed E-state index contributed by atoms with van der Waals surface area (Å²) in [5, 5.41) is 5.87. The van der Waals surface area contributed by atoms with Crippen LogP contribution in [0, 0.1) is 11.8 Å². The van der Waals surface area contributed by atoms with Gasteiger partial charge in [0.1, 0.15) is 24.1 Å². The number of nitrogens with zero attached hydrogens (tertiary/aromatic N) is 4. The predicted molar refractivity (Wildman–Crippen MR) is 248 cm³/mol. The molecule has 0 aliphatic carbocycles. The first-order valence-corrected chi connectivity index (χ1v) is 23.1. The Kier molecular flexibility index (Phi) is 11.8. The summed E-state index contributed by atoms with van der Waals surface area (Å²) in [5.74, 6) is 2.64. The van der Waals surface area contributed by atoms with Gasteiger partial charge in [-0.1, -0.05) is 52.1 Å². The second kappa shape index (κ2) is 17.3. The normalized spacial score (nSPS) is 24.0. The van der Waals surface area contributed by atoms with E-state index in [1.165, 1.54) is 34.4 Å². The van der Waals surface area contributed by atoms with Gasteiger partial charge in [-0.25, -0.2) is 0 Å². The molecule has 330 valence electrons. The van der Waals surface area contributed by atoms with Crippen molar-refractivity contribution in [2.24, 2.45) is 11.8 Å². The Bertz CT molecular complexity index is 2220. The van der Waals surface area contributed by atoms with E-state index in [9.17, 15) is 9.59 Å². The first-order valence-electron chi connectivity index (χ1n) is 23.1. The van der Waals surface area contributed by atoms with Crippen LogP contribution in [0.3, 0.4) is 0 Å². The molecule has 9 rings (SSSR count). The van der Waals surface area contributed by atoms with Crippen LogP contribution in [0.15, 0.2) is 55.6 Å². The van der Waals surface area contributed by atoms with Crippen LogP contribution in [0.25, 0.3) is 11.8 Å². The molecule has 0 aromatic heterocycles. The second-order valence-electron chi connectivity index (χ2n) is 19.1. The SMILES string of the molecule is C=Cc1c(NC)ccc([C@H](C)c2ccc(N3CCC4(CCC(CN5CCN6c7cc8c(cc7OCC6C5)C(=C)N(C5CCC(=O)NC5=O)C8)CO4)CC3)cc2OC)c1CC(C)C. The van der Waals surface area contributed by atoms with Crippen LogP contribution in [-0.4, -0.2) is 106 Å². The van der Waals surface area contributed by atoms with E-state index in [2.05, 4.69) is 107 Å². The number of methoxy groups -OCH3 is 1. The van der Waals surface area contributed by atoms with Crippen LogP contribution >= 0.6 is 0 Å². The first-order chi connectivity index (χ1) is 30.0. The zero-order valence-electron chi connectivity index (χ0n) is 37.6. The number of anilines is 3. The predicted octanol–water partition coefficient (Wildman–Crippen LogP) is 7.67. The Hall–Kier alpha value is -5.00. The summed E-state index contributed by atoms with van der Waals surface area (Å²) in [6.45, 7) is 23.4. The third kappa shape index (κ3) is 7.95. The van der Waals surface area contributed by atoms with Gasteiger partial charge in [0.15, 0.2) is 0 Å². The van der Waals surface area contributed by atoms with Gasteiger partial charge in [0.25, 0.3) is 0 Å². The van der Waals surface area contributed by atoms with Crippen LogP contribution < -0.4 is 29.9 Å². The monoisotopic (exact) mass is 843 g/mol. The summed E-state index contributed by atoms with van der Waals surface area (Å²) >= 11 is 0. The molecule has 0 radical (unpaired) electrons. The first kappa shape index (κ1) is 42.3. The van der Waals surface area contributed by atoms with Crippen molar-refractivity contribution in [3.8, 4) is 11.5 Å². The Morgan fingerprint density at radius 3 is 2.50 bits per heavy atom. The van der Waals surface area contributed by atoms with Crippen LogP contribution in [0.4, 0.5) is 17.1 Å². The van der Waals surface area contributed by atoms with Crippen molar-refractivity contribution in [1.82, 2.24) is 15.1 Å². The standard InChI is InChI=1S/C51H66N6O5/c1-8-39-43(23-32(2)3)40(11-12-44(39)52-6)33(4)41-10-9-37(25-47(41)60-7)55-19-17-51(18-20-55)16-15-35(30-62-51)27-54-21-22-56-38(29-54)31-61-48-26-42-34(5)57(28-36(42)24-46(48)56)45-13-14-49(58)53-50(45)59/h8-12,24-26,32-33,35,38,45,52H,1,5,13-23,27-31H2,2-4,6-7H3,(H,53,58,59)/t33-,35?,38?,45?/m0/s1. The van der Waals surface area contributed by atoms with E-state index in [1.54, 1.807) is 7.11 Å². The summed E-state index contributed by atoms with van der Waals surface area (Å²) in [4.78, 5) is 34.2. The molecular formula is C51H66N6O5. The maximum atomic E-state index is 12.7. The van der Waals surface area contributed by atoms with Crippen molar-refractivity contribution in [2.45, 2.75) is 95.9 Å². The third-order valence-electron chi connectivity index (χ3n) is 14.9. The molecule has 3 unspecified atom stereocenters. The highest BCUT2D eigenvalue weighted by atomic mass is 16.5. The number of fused-ring (bicyclic) bond motifs is 4. The minimum absolute atomic E-state index is 0.0281. The number of hydrogen-bond donors (Lipinski definition) is 2. The van der Waals surface area contributed by atoms with Gasteiger partial charge in [0.05, 0.1) is 31.0 Å². The fourth-order valence-electron chi connectivity index (χ4n) is 11.4. The molecule has 1 spiro atoms. The van der Waals surface area contributed by atoms with Crippen LogP contribution in [0.2, 0.25) is 0 Å². The molecule has 4 saturated heterocycles. The molecule has 3 aromatic carbocycles. The molecule has 3 aromatic rings. The molecule has 0 saturated carbocycles. The molecule has 0 bridgehead atoms. The van der Waals surface area contributed by atoms with Gasteiger partial charge in [0.2, 0.25) is 11.8 Å². The van der Waals surface area contributed by atoms with Crippen molar-refractivity contribution < 1.29 is 23.8 Å². The molecule has 2 amide bonds. The van der Waals surface area contributed by atoms with Crippen LogP contribution in [-0.2, 0) is 27.3 Å². The van der Waals surface area contributed by atoms with Gasteiger partial charge in [-0.3, -0.25) is 19.8 Å². The number of carbonyl (C=O) groups is 2. The zero-order chi connectivity index (χ0) is 43.3. The molecule has 6 aliphatic rings. The summed E-state index contributed by atoms with van der Waals surface area (Å²) in [6.07, 6.45) is 8.27. The Morgan fingerprint density at radius 2 is 1.79 bits per heavy atom. The average molecular weight is 843 g/mol. The molecule has 11 heteroatoms. The largest absolute Gasteiger partial charge is 0.496 e. The van der Waals surface area contributed by atoms with Gasteiger partial charge < -0.3 is 34.2 Å². The molecule has 4 fully saturated rings. The Balaban J connectivity index is 0.777. The quantitative estimate of drug-likeness (QED) is 0.187. The minimum Gasteiger partial charge on any atom is -0.496 e. The molecule has 6 aliphatic heterocycles. The number of nitrogens with one attached hydrogen (secondary N) is 2. The van der Waals surface area contributed by atoms with Crippen molar-refractivity contribution in [2.75, 3.05) is 81.8 Å². The van der Waals surface area contributed by atoms with E-state index in [1.807, 2.05) is 13.1 Å². The van der Waals surface area contributed by atoms with Crippen molar-refractivity contribution in [1.29, 1.82) is 0 Å². The average Bonchev–Trinajstić information content (AvgIpc) is 3.59. The van der Waals surface area contributed by atoms with E-state index < -0.39 is 0 Å². The van der Waals surface area contributed by atoms with Gasteiger partial charge >= 0.3 is 0 Å². The van der Waals surface area contributed by atoms with E-state index in [4.69, 9.17) is 14.2 Å². The second-order valence-corrected chi connectivity index (χ2v) is 19.1. The number of benzene rings is 3.